The summed E-state index contributed by atoms with van der Waals surface area (Å²) < 4.78 is 0. The van der Waals surface area contributed by atoms with Crippen LogP contribution in [0.4, 0.5) is 0 Å². The topological polar surface area (TPSA) is 58.4 Å². The summed E-state index contributed by atoms with van der Waals surface area (Å²) in [5, 5.41) is 3.38. The summed E-state index contributed by atoms with van der Waals surface area (Å²) in [6, 6.07) is 0.800. The molecule has 4 nitrogen and oxygen atoms in total. The lowest BCUT2D eigenvalue weighted by Crippen LogP contribution is -2.58. The third kappa shape index (κ3) is 2.69. The molecule has 2 atom stereocenters. The summed E-state index contributed by atoms with van der Waals surface area (Å²) in [6.07, 6.45) is 6.93. The summed E-state index contributed by atoms with van der Waals surface area (Å²) >= 11 is 0. The van der Waals surface area contributed by atoms with Crippen molar-refractivity contribution in [3.63, 3.8) is 0 Å². The summed E-state index contributed by atoms with van der Waals surface area (Å²) in [7, 11) is 2.20. The normalized spacial score (nSPS) is 32.1. The van der Waals surface area contributed by atoms with Crippen molar-refractivity contribution >= 4 is 5.91 Å². The maximum Gasteiger partial charge on any atom is 0.238 e. The minimum Gasteiger partial charge on any atom is -0.368 e. The van der Waals surface area contributed by atoms with Crippen LogP contribution >= 0.6 is 0 Å². The molecule has 0 spiro atoms. The Labute approximate surface area is 110 Å². The quantitative estimate of drug-likeness (QED) is 0.714. The number of nitrogens with two attached hydrogens (primary N) is 1. The van der Waals surface area contributed by atoms with Gasteiger partial charge in [-0.2, -0.15) is 0 Å². The van der Waals surface area contributed by atoms with E-state index in [1.807, 2.05) is 0 Å². The Morgan fingerprint density at radius 2 is 2.17 bits per heavy atom. The molecule has 0 aromatic carbocycles. The molecule has 18 heavy (non-hydrogen) atoms. The molecule has 2 saturated carbocycles. The Kier molecular flexibility index (Phi) is 4.28. The molecule has 2 unspecified atom stereocenters. The number of hydrogen-bond donors (Lipinski definition) is 2. The van der Waals surface area contributed by atoms with E-state index in [1.165, 1.54) is 12.8 Å². The van der Waals surface area contributed by atoms with E-state index in [0.717, 1.165) is 44.8 Å². The first kappa shape index (κ1) is 13.8. The molecule has 104 valence electrons. The zero-order valence-corrected chi connectivity index (χ0v) is 11.7. The highest BCUT2D eigenvalue weighted by molar-refractivity contribution is 5.85. The third-order valence-electron chi connectivity index (χ3n) is 4.75. The van der Waals surface area contributed by atoms with Gasteiger partial charge < -0.3 is 16.0 Å². The van der Waals surface area contributed by atoms with Gasteiger partial charge in [-0.1, -0.05) is 13.3 Å². The van der Waals surface area contributed by atoms with Crippen LogP contribution in [0.25, 0.3) is 0 Å². The highest BCUT2D eigenvalue weighted by Crippen LogP contribution is 2.38. The van der Waals surface area contributed by atoms with Crippen LogP contribution in [0.3, 0.4) is 0 Å². The van der Waals surface area contributed by atoms with Crippen LogP contribution in [0.1, 0.15) is 45.4 Å². The lowest BCUT2D eigenvalue weighted by Gasteiger charge is -2.34. The van der Waals surface area contributed by atoms with Crippen LogP contribution in [0, 0.1) is 5.92 Å². The number of carbonyl (C=O) groups excluding carboxylic acids is 1. The molecule has 2 rings (SSSR count). The maximum atomic E-state index is 11.9. The molecule has 0 aliphatic heterocycles. The number of amides is 1. The number of nitrogens with zero attached hydrogens (tertiary/aromatic N) is 1. The maximum absolute atomic E-state index is 11.9. The number of hydrogen-bond acceptors (Lipinski definition) is 3. The van der Waals surface area contributed by atoms with Crippen molar-refractivity contribution in [2.75, 3.05) is 20.1 Å². The molecular formula is C14H27N3O. The van der Waals surface area contributed by atoms with Crippen molar-refractivity contribution in [3.05, 3.63) is 0 Å². The van der Waals surface area contributed by atoms with E-state index in [1.54, 1.807) is 0 Å². The average Bonchev–Trinajstić information content (AvgIpc) is 3.10. The molecular weight excluding hydrogens is 226 g/mol. The Balaban J connectivity index is 1.93. The Bertz CT molecular complexity index is 303. The fraction of sp³-hybridized carbons (Fsp3) is 0.929. The number of rotatable bonds is 7. The fourth-order valence-corrected chi connectivity index (χ4v) is 3.49. The Hall–Kier alpha value is -0.610. The van der Waals surface area contributed by atoms with Crippen molar-refractivity contribution in [1.82, 2.24) is 10.2 Å². The van der Waals surface area contributed by atoms with E-state index in [-0.39, 0.29) is 5.91 Å². The molecule has 0 radical (unpaired) electrons. The fourth-order valence-electron chi connectivity index (χ4n) is 3.49. The van der Waals surface area contributed by atoms with Crippen LogP contribution < -0.4 is 11.1 Å². The first-order chi connectivity index (χ1) is 8.60. The van der Waals surface area contributed by atoms with Crippen molar-refractivity contribution in [1.29, 1.82) is 0 Å². The monoisotopic (exact) mass is 253 g/mol. The standard InChI is InChI=1S/C14H27N3O/c1-3-16-14(13(15)18)9-4-5-11(14)8-10-17(2)12-6-7-12/h11-12,16H,3-10H2,1-2H3,(H2,15,18). The largest absolute Gasteiger partial charge is 0.368 e. The predicted octanol–water partition coefficient (Wildman–Crippen LogP) is 1.10. The molecule has 1 amide bonds. The molecule has 2 aliphatic carbocycles. The number of nitrogens with one attached hydrogen (secondary N) is 1. The van der Waals surface area contributed by atoms with Gasteiger partial charge in [0.25, 0.3) is 0 Å². The Morgan fingerprint density at radius 3 is 2.72 bits per heavy atom. The van der Waals surface area contributed by atoms with E-state index < -0.39 is 5.54 Å². The van der Waals surface area contributed by atoms with Gasteiger partial charge in [-0.25, -0.2) is 0 Å². The number of carbonyl (C=O) groups is 1. The second-order valence-electron chi connectivity index (χ2n) is 5.96. The molecule has 0 aromatic heterocycles. The molecule has 0 saturated heterocycles. The predicted molar refractivity (Wildman–Crippen MR) is 73.2 cm³/mol. The van der Waals surface area contributed by atoms with Crippen molar-refractivity contribution in [2.24, 2.45) is 11.7 Å². The van der Waals surface area contributed by atoms with E-state index in [0.29, 0.717) is 5.92 Å². The van der Waals surface area contributed by atoms with E-state index in [2.05, 4.69) is 24.2 Å². The second-order valence-corrected chi connectivity index (χ2v) is 5.96. The van der Waals surface area contributed by atoms with Crippen LogP contribution in [-0.4, -0.2) is 42.5 Å². The third-order valence-corrected chi connectivity index (χ3v) is 4.75. The highest BCUT2D eigenvalue weighted by atomic mass is 16.1. The van der Waals surface area contributed by atoms with Gasteiger partial charge in [0.15, 0.2) is 0 Å². The van der Waals surface area contributed by atoms with E-state index >= 15 is 0 Å². The lowest BCUT2D eigenvalue weighted by atomic mass is 9.83. The minimum absolute atomic E-state index is 0.152. The first-order valence-corrected chi connectivity index (χ1v) is 7.35. The van der Waals surface area contributed by atoms with Crippen molar-refractivity contribution in [2.45, 2.75) is 57.0 Å². The smallest absolute Gasteiger partial charge is 0.238 e. The number of likely N-dealkylation sites (N-methyl/N-ethyl adjacent to an activating group) is 1. The van der Waals surface area contributed by atoms with Gasteiger partial charge in [-0.3, -0.25) is 4.79 Å². The Morgan fingerprint density at radius 1 is 1.44 bits per heavy atom. The molecule has 0 bridgehead atoms. The molecule has 3 N–H and O–H groups in total. The average molecular weight is 253 g/mol. The molecule has 2 fully saturated rings. The van der Waals surface area contributed by atoms with Gasteiger partial charge in [0.05, 0.1) is 0 Å². The van der Waals surface area contributed by atoms with Crippen LogP contribution in [0.15, 0.2) is 0 Å². The summed E-state index contributed by atoms with van der Waals surface area (Å²) in [5.74, 6) is 0.261. The second kappa shape index (κ2) is 5.57. The minimum atomic E-state index is -0.431. The summed E-state index contributed by atoms with van der Waals surface area (Å²) in [4.78, 5) is 14.3. The zero-order chi connectivity index (χ0) is 13.2. The van der Waals surface area contributed by atoms with Gasteiger partial charge in [0, 0.05) is 6.04 Å². The van der Waals surface area contributed by atoms with Crippen LogP contribution in [0.2, 0.25) is 0 Å². The zero-order valence-electron chi connectivity index (χ0n) is 11.7. The molecule has 4 heteroatoms. The van der Waals surface area contributed by atoms with Gasteiger partial charge >= 0.3 is 0 Å². The van der Waals surface area contributed by atoms with E-state index in [4.69, 9.17) is 5.73 Å². The van der Waals surface area contributed by atoms with Gasteiger partial charge in [0.1, 0.15) is 5.54 Å². The lowest BCUT2D eigenvalue weighted by molar-refractivity contribution is -0.126. The van der Waals surface area contributed by atoms with Gasteiger partial charge in [-0.15, -0.1) is 0 Å². The number of primary amides is 1. The van der Waals surface area contributed by atoms with E-state index in [9.17, 15) is 4.79 Å². The van der Waals surface area contributed by atoms with Gasteiger partial charge in [-0.05, 0) is 58.2 Å². The molecule has 2 aliphatic rings. The summed E-state index contributed by atoms with van der Waals surface area (Å²) in [6.45, 7) is 3.96. The summed E-state index contributed by atoms with van der Waals surface area (Å²) in [5.41, 5.74) is 5.24. The first-order valence-electron chi connectivity index (χ1n) is 7.35. The van der Waals surface area contributed by atoms with Gasteiger partial charge in [0.2, 0.25) is 5.91 Å². The molecule has 0 heterocycles. The van der Waals surface area contributed by atoms with Crippen molar-refractivity contribution in [3.8, 4) is 0 Å². The van der Waals surface area contributed by atoms with Crippen LogP contribution in [-0.2, 0) is 4.79 Å². The van der Waals surface area contributed by atoms with Crippen molar-refractivity contribution < 1.29 is 4.79 Å². The van der Waals surface area contributed by atoms with Crippen LogP contribution in [0.5, 0.6) is 0 Å². The SMILES string of the molecule is CCNC1(C(N)=O)CCCC1CCN(C)C1CC1. The molecule has 0 aromatic rings. The highest BCUT2D eigenvalue weighted by Gasteiger charge is 2.46.